The summed E-state index contributed by atoms with van der Waals surface area (Å²) in [6.45, 7) is 0. The third kappa shape index (κ3) is 4.62. The van der Waals surface area contributed by atoms with Gasteiger partial charge in [0, 0.05) is 17.4 Å². The molecule has 0 bridgehead atoms. The molecule has 0 radical (unpaired) electrons. The Morgan fingerprint density at radius 1 is 1.61 bits per heavy atom. The Hall–Kier alpha value is -1.77. The smallest absolute Gasteiger partial charge is 0.327 e. The number of nitrogens with one attached hydrogen (secondary N) is 1. The fourth-order valence-electron chi connectivity index (χ4n) is 1.11. The predicted octanol–water partition coefficient (Wildman–Crippen LogP) is 2.01. The number of carbonyl (C=O) groups is 2. The molecule has 1 aromatic rings. The minimum atomic E-state index is -1.16. The van der Waals surface area contributed by atoms with Crippen molar-refractivity contribution in [2.24, 2.45) is 0 Å². The lowest BCUT2D eigenvalue weighted by Gasteiger charge is -2.09. The third-order valence-electron chi connectivity index (χ3n) is 1.93. The van der Waals surface area contributed by atoms with Crippen LogP contribution in [0, 0.1) is 12.3 Å². The molecular weight excluding hydrogens is 274 g/mol. The van der Waals surface area contributed by atoms with Gasteiger partial charge in [0.25, 0.3) is 0 Å². The molecule has 6 heteroatoms. The van der Waals surface area contributed by atoms with Crippen LogP contribution in [0.5, 0.6) is 0 Å². The number of terminal acetylenes is 1. The summed E-state index contributed by atoms with van der Waals surface area (Å²) in [4.78, 5) is 23.0. The Bertz CT molecular complexity index is 516. The van der Waals surface area contributed by atoms with Gasteiger partial charge in [-0.3, -0.25) is 4.79 Å². The standard InChI is InChI=1S/C12H10ClNO3S/c1-2-3-9(12(16)17)14-11(15)7-5-8-4-6-10(13)18-8/h1,4-7,9H,3H2,(H,14,15)(H,16,17)/b7-5+. The second-order valence-corrected chi connectivity index (χ2v) is 5.03. The lowest BCUT2D eigenvalue weighted by atomic mass is 10.2. The molecular formula is C12H10ClNO3S. The maximum atomic E-state index is 11.5. The summed E-state index contributed by atoms with van der Waals surface area (Å²) in [7, 11) is 0. The van der Waals surface area contributed by atoms with Gasteiger partial charge in [0.05, 0.1) is 4.34 Å². The molecule has 18 heavy (non-hydrogen) atoms. The molecule has 94 valence electrons. The monoisotopic (exact) mass is 283 g/mol. The maximum Gasteiger partial charge on any atom is 0.327 e. The van der Waals surface area contributed by atoms with Gasteiger partial charge in [0.2, 0.25) is 5.91 Å². The maximum absolute atomic E-state index is 11.5. The molecule has 1 heterocycles. The Morgan fingerprint density at radius 2 is 2.33 bits per heavy atom. The molecule has 0 saturated heterocycles. The first-order chi connectivity index (χ1) is 8.52. The molecule has 0 spiro atoms. The highest BCUT2D eigenvalue weighted by atomic mass is 35.5. The molecule has 2 N–H and O–H groups in total. The van der Waals surface area contributed by atoms with E-state index in [2.05, 4.69) is 11.2 Å². The van der Waals surface area contributed by atoms with E-state index >= 15 is 0 Å². The molecule has 1 aromatic heterocycles. The Labute approximate surface area is 113 Å². The Balaban J connectivity index is 2.58. The van der Waals surface area contributed by atoms with E-state index in [0.29, 0.717) is 4.34 Å². The second kappa shape index (κ2) is 6.84. The summed E-state index contributed by atoms with van der Waals surface area (Å²) in [5.74, 6) is 0.526. The largest absolute Gasteiger partial charge is 0.480 e. The summed E-state index contributed by atoms with van der Waals surface area (Å²) < 4.78 is 0.616. The van der Waals surface area contributed by atoms with Crippen LogP contribution in [0.25, 0.3) is 6.08 Å². The highest BCUT2D eigenvalue weighted by molar-refractivity contribution is 7.17. The lowest BCUT2D eigenvalue weighted by Crippen LogP contribution is -2.39. The molecule has 4 nitrogen and oxygen atoms in total. The van der Waals surface area contributed by atoms with Crippen LogP contribution < -0.4 is 5.32 Å². The number of hydrogen-bond acceptors (Lipinski definition) is 3. The molecule has 1 rings (SSSR count). The van der Waals surface area contributed by atoms with Crippen molar-refractivity contribution >= 4 is 40.9 Å². The van der Waals surface area contributed by atoms with Gasteiger partial charge in [-0.2, -0.15) is 0 Å². The quantitative estimate of drug-likeness (QED) is 0.642. The van der Waals surface area contributed by atoms with Gasteiger partial charge in [-0.05, 0) is 18.2 Å². The van der Waals surface area contributed by atoms with Crippen molar-refractivity contribution in [2.45, 2.75) is 12.5 Å². The Morgan fingerprint density at radius 3 is 2.83 bits per heavy atom. The van der Waals surface area contributed by atoms with E-state index in [1.54, 1.807) is 18.2 Å². The molecule has 1 atom stereocenters. The van der Waals surface area contributed by atoms with E-state index in [1.165, 1.54) is 17.4 Å². The number of carboxylic acid groups (broad SMARTS) is 1. The number of amides is 1. The average molecular weight is 284 g/mol. The third-order valence-corrected chi connectivity index (χ3v) is 3.13. The molecule has 0 fully saturated rings. The number of thiophene rings is 1. The van der Waals surface area contributed by atoms with Crippen molar-refractivity contribution in [3.05, 3.63) is 27.4 Å². The predicted molar refractivity (Wildman–Crippen MR) is 71.4 cm³/mol. The number of carbonyl (C=O) groups excluding carboxylic acids is 1. The van der Waals surface area contributed by atoms with Crippen molar-refractivity contribution in [1.29, 1.82) is 0 Å². The Kier molecular flexibility index (Phi) is 5.43. The van der Waals surface area contributed by atoms with E-state index in [4.69, 9.17) is 23.1 Å². The zero-order valence-electron chi connectivity index (χ0n) is 9.22. The van der Waals surface area contributed by atoms with E-state index in [-0.39, 0.29) is 6.42 Å². The number of aliphatic carboxylic acids is 1. The van der Waals surface area contributed by atoms with Gasteiger partial charge in [-0.1, -0.05) is 11.6 Å². The summed E-state index contributed by atoms with van der Waals surface area (Å²) in [5.41, 5.74) is 0. The fraction of sp³-hybridized carbons (Fsp3) is 0.167. The molecule has 0 aliphatic rings. The zero-order chi connectivity index (χ0) is 13.5. The van der Waals surface area contributed by atoms with Crippen molar-refractivity contribution in [3.8, 4) is 12.3 Å². The summed E-state index contributed by atoms with van der Waals surface area (Å²) >= 11 is 7.04. The van der Waals surface area contributed by atoms with Crippen molar-refractivity contribution in [1.82, 2.24) is 5.32 Å². The van der Waals surface area contributed by atoms with Gasteiger partial charge in [-0.15, -0.1) is 23.7 Å². The first kappa shape index (κ1) is 14.3. The van der Waals surface area contributed by atoms with E-state index in [1.807, 2.05) is 0 Å². The van der Waals surface area contributed by atoms with Crippen molar-refractivity contribution in [3.63, 3.8) is 0 Å². The number of carboxylic acids is 1. The van der Waals surface area contributed by atoms with Crippen LogP contribution in [0.1, 0.15) is 11.3 Å². The number of rotatable bonds is 5. The topological polar surface area (TPSA) is 66.4 Å². The van der Waals surface area contributed by atoms with Gasteiger partial charge in [0.15, 0.2) is 0 Å². The van der Waals surface area contributed by atoms with Crippen LogP contribution in [0.4, 0.5) is 0 Å². The van der Waals surface area contributed by atoms with Gasteiger partial charge in [-0.25, -0.2) is 4.79 Å². The summed E-state index contributed by atoms with van der Waals surface area (Å²) in [6, 6.07) is 2.40. The lowest BCUT2D eigenvalue weighted by molar-refractivity contribution is -0.141. The SMILES string of the molecule is C#CCC(NC(=O)/C=C/c1ccc(Cl)s1)C(=O)O. The second-order valence-electron chi connectivity index (χ2n) is 3.28. The van der Waals surface area contributed by atoms with Crippen LogP contribution in [0.15, 0.2) is 18.2 Å². The van der Waals surface area contributed by atoms with E-state index in [9.17, 15) is 9.59 Å². The van der Waals surface area contributed by atoms with E-state index < -0.39 is 17.9 Å². The van der Waals surface area contributed by atoms with Crippen LogP contribution in [0.3, 0.4) is 0 Å². The van der Waals surface area contributed by atoms with Crippen molar-refractivity contribution in [2.75, 3.05) is 0 Å². The van der Waals surface area contributed by atoms with Gasteiger partial charge >= 0.3 is 5.97 Å². The van der Waals surface area contributed by atoms with E-state index in [0.717, 1.165) is 4.88 Å². The van der Waals surface area contributed by atoms with Crippen LogP contribution in [-0.4, -0.2) is 23.0 Å². The van der Waals surface area contributed by atoms with Gasteiger partial charge in [0.1, 0.15) is 6.04 Å². The van der Waals surface area contributed by atoms with Crippen molar-refractivity contribution < 1.29 is 14.7 Å². The minimum absolute atomic E-state index is 0.0558. The fourth-order valence-corrected chi connectivity index (χ4v) is 2.08. The zero-order valence-corrected chi connectivity index (χ0v) is 10.8. The highest BCUT2D eigenvalue weighted by Gasteiger charge is 2.17. The molecule has 0 aromatic carbocycles. The summed E-state index contributed by atoms with van der Waals surface area (Å²) in [5, 5.41) is 11.1. The first-order valence-electron chi connectivity index (χ1n) is 4.93. The van der Waals surface area contributed by atoms with Crippen LogP contribution in [-0.2, 0) is 9.59 Å². The first-order valence-corrected chi connectivity index (χ1v) is 6.12. The highest BCUT2D eigenvalue weighted by Crippen LogP contribution is 2.22. The van der Waals surface area contributed by atoms with Gasteiger partial charge < -0.3 is 10.4 Å². The normalized spacial score (nSPS) is 12.0. The van der Waals surface area contributed by atoms with Crippen LogP contribution >= 0.6 is 22.9 Å². The summed E-state index contributed by atoms with van der Waals surface area (Å²) in [6.07, 6.45) is 7.76. The molecule has 1 amide bonds. The number of hydrogen-bond donors (Lipinski definition) is 2. The molecule has 0 saturated carbocycles. The average Bonchev–Trinajstić information content (AvgIpc) is 2.72. The molecule has 0 aliphatic heterocycles. The van der Waals surface area contributed by atoms with Crippen LogP contribution in [0.2, 0.25) is 4.34 Å². The number of halogens is 1. The minimum Gasteiger partial charge on any atom is -0.480 e. The molecule has 0 aliphatic carbocycles. The molecule has 1 unspecified atom stereocenters.